The van der Waals surface area contributed by atoms with E-state index in [9.17, 15) is 5.11 Å². The first kappa shape index (κ1) is 10.5. The monoisotopic (exact) mass is 181 g/mol. The normalized spacial score (nSPS) is 26.1. The quantitative estimate of drug-likeness (QED) is 0.668. The highest BCUT2D eigenvalue weighted by Gasteiger charge is 2.19. The van der Waals surface area contributed by atoms with Crippen LogP contribution in [0.25, 0.3) is 0 Å². The maximum Gasteiger partial charge on any atom is 0.0679 e. The minimum Gasteiger partial charge on any atom is -0.392 e. The lowest BCUT2D eigenvalue weighted by Crippen LogP contribution is -2.24. The minimum absolute atomic E-state index is 0.108. The number of nitrogens with zero attached hydrogens (tertiary/aromatic N) is 1. The molecule has 0 radical (unpaired) electrons. The molecule has 0 spiro atoms. The smallest absolute Gasteiger partial charge is 0.0679 e. The van der Waals surface area contributed by atoms with Crippen molar-refractivity contribution in [1.82, 2.24) is 4.90 Å². The number of β-amino-alcohol motifs (C(OH)–C–C–N with tert-alkyl or cyclic N) is 1. The van der Waals surface area contributed by atoms with E-state index < -0.39 is 0 Å². The number of allylic oxidation sites excluding steroid dienone is 2. The molecular formula is C11H19NO. The second kappa shape index (κ2) is 5.20. The van der Waals surface area contributed by atoms with Crippen molar-refractivity contribution in [3.05, 3.63) is 23.8 Å². The summed E-state index contributed by atoms with van der Waals surface area (Å²) in [5.41, 5.74) is 1.33. The van der Waals surface area contributed by atoms with Crippen LogP contribution in [0.4, 0.5) is 0 Å². The zero-order chi connectivity index (χ0) is 9.68. The maximum atomic E-state index is 9.34. The minimum atomic E-state index is -0.108. The van der Waals surface area contributed by atoms with Gasteiger partial charge in [-0.15, -0.1) is 0 Å². The third-order valence-corrected chi connectivity index (χ3v) is 2.41. The van der Waals surface area contributed by atoms with Crippen LogP contribution in [0, 0.1) is 0 Å². The third-order valence-electron chi connectivity index (χ3n) is 2.41. The van der Waals surface area contributed by atoms with Crippen molar-refractivity contribution in [2.24, 2.45) is 0 Å². The summed E-state index contributed by atoms with van der Waals surface area (Å²) >= 11 is 0. The summed E-state index contributed by atoms with van der Waals surface area (Å²) in [4.78, 5) is 2.29. The van der Waals surface area contributed by atoms with Crippen LogP contribution in [0.3, 0.4) is 0 Å². The van der Waals surface area contributed by atoms with Crippen molar-refractivity contribution in [2.45, 2.75) is 26.4 Å². The molecule has 1 fully saturated rings. The van der Waals surface area contributed by atoms with Crippen molar-refractivity contribution in [3.8, 4) is 0 Å². The van der Waals surface area contributed by atoms with Gasteiger partial charge in [0, 0.05) is 19.6 Å². The Morgan fingerprint density at radius 3 is 2.77 bits per heavy atom. The second-order valence-corrected chi connectivity index (χ2v) is 3.54. The first-order chi connectivity index (χ1) is 6.26. The third kappa shape index (κ3) is 3.33. The Morgan fingerprint density at radius 2 is 2.31 bits per heavy atom. The van der Waals surface area contributed by atoms with E-state index in [1.165, 1.54) is 5.57 Å². The van der Waals surface area contributed by atoms with Gasteiger partial charge in [-0.1, -0.05) is 18.2 Å². The molecule has 0 aromatic carbocycles. The van der Waals surface area contributed by atoms with Crippen molar-refractivity contribution in [3.63, 3.8) is 0 Å². The predicted molar refractivity (Wildman–Crippen MR) is 55.6 cm³/mol. The van der Waals surface area contributed by atoms with Gasteiger partial charge in [0.15, 0.2) is 0 Å². The largest absolute Gasteiger partial charge is 0.392 e. The Kier molecular flexibility index (Phi) is 4.19. The fourth-order valence-corrected chi connectivity index (χ4v) is 1.67. The first-order valence-electron chi connectivity index (χ1n) is 4.94. The van der Waals surface area contributed by atoms with Crippen LogP contribution < -0.4 is 0 Å². The summed E-state index contributed by atoms with van der Waals surface area (Å²) in [5, 5.41) is 9.34. The highest BCUT2D eigenvalue weighted by Crippen LogP contribution is 2.11. The fourth-order valence-electron chi connectivity index (χ4n) is 1.67. The van der Waals surface area contributed by atoms with E-state index in [-0.39, 0.29) is 6.10 Å². The Bertz CT molecular complexity index is 208. The lowest BCUT2D eigenvalue weighted by atomic mass is 10.2. The molecule has 0 saturated carbocycles. The van der Waals surface area contributed by atoms with Gasteiger partial charge < -0.3 is 5.11 Å². The Labute approximate surface area is 80.6 Å². The SMILES string of the molecule is C/C=C\C(=C/C)CN1CCC(O)C1. The van der Waals surface area contributed by atoms with E-state index in [0.29, 0.717) is 0 Å². The molecule has 13 heavy (non-hydrogen) atoms. The zero-order valence-corrected chi connectivity index (χ0v) is 8.53. The molecule has 1 heterocycles. The molecular weight excluding hydrogens is 162 g/mol. The van der Waals surface area contributed by atoms with Crippen LogP contribution in [0.15, 0.2) is 23.8 Å². The molecule has 2 nitrogen and oxygen atoms in total. The van der Waals surface area contributed by atoms with Crippen molar-refractivity contribution >= 4 is 0 Å². The van der Waals surface area contributed by atoms with Crippen LogP contribution >= 0.6 is 0 Å². The van der Waals surface area contributed by atoms with Crippen LogP contribution in [0.5, 0.6) is 0 Å². The van der Waals surface area contributed by atoms with Crippen LogP contribution in [0.1, 0.15) is 20.3 Å². The average molecular weight is 181 g/mol. The van der Waals surface area contributed by atoms with Gasteiger partial charge >= 0.3 is 0 Å². The molecule has 0 bridgehead atoms. The van der Waals surface area contributed by atoms with E-state index in [2.05, 4.69) is 30.1 Å². The number of likely N-dealkylation sites (tertiary alicyclic amines) is 1. The summed E-state index contributed by atoms with van der Waals surface area (Å²) < 4.78 is 0. The van der Waals surface area contributed by atoms with E-state index in [1.54, 1.807) is 0 Å². The molecule has 1 aliphatic heterocycles. The molecule has 2 heteroatoms. The Morgan fingerprint density at radius 1 is 1.54 bits per heavy atom. The molecule has 1 N–H and O–H groups in total. The van der Waals surface area contributed by atoms with Gasteiger partial charge in [-0.2, -0.15) is 0 Å². The molecule has 1 rings (SSSR count). The average Bonchev–Trinajstić information content (AvgIpc) is 2.50. The van der Waals surface area contributed by atoms with Gasteiger partial charge in [-0.3, -0.25) is 4.90 Å². The van der Waals surface area contributed by atoms with E-state index in [1.807, 2.05) is 6.92 Å². The van der Waals surface area contributed by atoms with E-state index in [4.69, 9.17) is 0 Å². The number of aliphatic hydroxyl groups excluding tert-OH is 1. The van der Waals surface area contributed by atoms with E-state index in [0.717, 1.165) is 26.1 Å². The van der Waals surface area contributed by atoms with E-state index >= 15 is 0 Å². The fraction of sp³-hybridized carbons (Fsp3) is 0.636. The van der Waals surface area contributed by atoms with Crippen LogP contribution in [0.2, 0.25) is 0 Å². The predicted octanol–water partition coefficient (Wildman–Crippen LogP) is 1.58. The molecule has 1 aliphatic rings. The number of hydrogen-bond donors (Lipinski definition) is 1. The topological polar surface area (TPSA) is 23.5 Å². The van der Waals surface area contributed by atoms with Crippen molar-refractivity contribution in [2.75, 3.05) is 19.6 Å². The van der Waals surface area contributed by atoms with Gasteiger partial charge in [-0.05, 0) is 25.8 Å². The second-order valence-electron chi connectivity index (χ2n) is 3.54. The molecule has 0 aromatic rings. The molecule has 74 valence electrons. The van der Waals surface area contributed by atoms with Gasteiger partial charge in [-0.25, -0.2) is 0 Å². The summed E-state index contributed by atoms with van der Waals surface area (Å²) in [7, 11) is 0. The molecule has 1 atom stereocenters. The summed E-state index contributed by atoms with van der Waals surface area (Å²) in [6.07, 6.45) is 7.13. The Balaban J connectivity index is 2.39. The summed E-state index contributed by atoms with van der Waals surface area (Å²) in [5.74, 6) is 0. The molecule has 0 aromatic heterocycles. The maximum absolute atomic E-state index is 9.34. The van der Waals surface area contributed by atoms with Gasteiger partial charge in [0.05, 0.1) is 6.10 Å². The van der Waals surface area contributed by atoms with Crippen molar-refractivity contribution < 1.29 is 5.11 Å². The summed E-state index contributed by atoms with van der Waals surface area (Å²) in [6, 6.07) is 0. The lowest BCUT2D eigenvalue weighted by Gasteiger charge is -2.15. The molecule has 1 saturated heterocycles. The standard InChI is InChI=1S/C11H19NO/c1-3-5-10(4-2)8-12-7-6-11(13)9-12/h3-5,11,13H,6-9H2,1-2H3/b5-3-,10-4+. The first-order valence-corrected chi connectivity index (χ1v) is 4.94. The summed E-state index contributed by atoms with van der Waals surface area (Å²) in [6.45, 7) is 6.91. The van der Waals surface area contributed by atoms with Gasteiger partial charge in [0.1, 0.15) is 0 Å². The highest BCUT2D eigenvalue weighted by atomic mass is 16.3. The number of hydrogen-bond acceptors (Lipinski definition) is 2. The van der Waals surface area contributed by atoms with Crippen LogP contribution in [-0.2, 0) is 0 Å². The lowest BCUT2D eigenvalue weighted by molar-refractivity contribution is 0.179. The van der Waals surface area contributed by atoms with Gasteiger partial charge in [0.25, 0.3) is 0 Å². The van der Waals surface area contributed by atoms with Crippen LogP contribution in [-0.4, -0.2) is 35.7 Å². The van der Waals surface area contributed by atoms with Crippen molar-refractivity contribution in [1.29, 1.82) is 0 Å². The number of aliphatic hydroxyl groups is 1. The molecule has 0 amide bonds. The molecule has 1 unspecified atom stereocenters. The number of rotatable bonds is 3. The molecule has 0 aliphatic carbocycles. The zero-order valence-electron chi connectivity index (χ0n) is 8.53. The highest BCUT2D eigenvalue weighted by molar-refractivity contribution is 5.19. The van der Waals surface area contributed by atoms with Gasteiger partial charge in [0.2, 0.25) is 0 Å². The Hall–Kier alpha value is -0.600.